The number of rotatable bonds is 4. The third-order valence-corrected chi connectivity index (χ3v) is 4.66. The Bertz CT molecular complexity index is 677. The first kappa shape index (κ1) is 16.5. The molecule has 1 aliphatic rings. The van der Waals surface area contributed by atoms with E-state index in [1.807, 2.05) is 0 Å². The normalized spacial score (nSPS) is 16.4. The van der Waals surface area contributed by atoms with Crippen molar-refractivity contribution in [2.75, 3.05) is 19.3 Å². The van der Waals surface area contributed by atoms with Crippen molar-refractivity contribution in [1.29, 1.82) is 0 Å². The Hall–Kier alpha value is -1.89. The molecule has 0 spiro atoms. The lowest BCUT2D eigenvalue weighted by Gasteiger charge is -2.20. The Balaban J connectivity index is 2.07. The predicted molar refractivity (Wildman–Crippen MR) is 80.2 cm³/mol. The van der Waals surface area contributed by atoms with E-state index in [9.17, 15) is 18.0 Å². The van der Waals surface area contributed by atoms with Gasteiger partial charge in [0.05, 0.1) is 10.5 Å². The zero-order valence-corrected chi connectivity index (χ0v) is 13.4. The van der Waals surface area contributed by atoms with E-state index in [1.165, 1.54) is 31.2 Å². The molecule has 2 rings (SSSR count). The van der Waals surface area contributed by atoms with Gasteiger partial charge in [-0.15, -0.1) is 0 Å². The quantitative estimate of drug-likeness (QED) is 0.779. The minimum Gasteiger partial charge on any atom is -0.449 e. The van der Waals surface area contributed by atoms with Gasteiger partial charge in [0.25, 0.3) is 5.91 Å². The first-order valence-electron chi connectivity index (χ1n) is 7.09. The fourth-order valence-electron chi connectivity index (χ4n) is 2.33. The Morgan fingerprint density at radius 1 is 1.23 bits per heavy atom. The molecule has 1 saturated heterocycles. The van der Waals surface area contributed by atoms with Crippen molar-refractivity contribution in [2.45, 2.75) is 30.8 Å². The van der Waals surface area contributed by atoms with E-state index < -0.39 is 21.9 Å². The minimum atomic E-state index is -3.40. The summed E-state index contributed by atoms with van der Waals surface area (Å²) in [7, 11) is -3.40. The molecule has 0 radical (unpaired) electrons. The summed E-state index contributed by atoms with van der Waals surface area (Å²) in [5.74, 6) is -0.921. The first-order valence-corrected chi connectivity index (χ1v) is 8.98. The summed E-state index contributed by atoms with van der Waals surface area (Å²) in [6.07, 6.45) is 2.11. The SMILES string of the molecule is C[C@H](OC(=O)c1cccc(S(C)(=O)=O)c1)C(=O)N1CCCC1. The molecule has 1 aromatic rings. The van der Waals surface area contributed by atoms with Crippen LogP contribution < -0.4 is 0 Å². The molecule has 1 fully saturated rings. The molecule has 22 heavy (non-hydrogen) atoms. The molecule has 1 atom stereocenters. The van der Waals surface area contributed by atoms with Gasteiger partial charge in [0, 0.05) is 19.3 Å². The zero-order chi connectivity index (χ0) is 16.3. The molecule has 0 saturated carbocycles. The molecule has 6 nitrogen and oxygen atoms in total. The number of esters is 1. The van der Waals surface area contributed by atoms with Crippen LogP contribution in [-0.4, -0.2) is 50.6 Å². The fraction of sp³-hybridized carbons (Fsp3) is 0.467. The Morgan fingerprint density at radius 2 is 1.86 bits per heavy atom. The number of benzene rings is 1. The molecule has 7 heteroatoms. The van der Waals surface area contributed by atoms with Crippen LogP contribution >= 0.6 is 0 Å². The van der Waals surface area contributed by atoms with Gasteiger partial charge in [-0.1, -0.05) is 6.07 Å². The topological polar surface area (TPSA) is 80.8 Å². The van der Waals surface area contributed by atoms with Crippen LogP contribution in [0.25, 0.3) is 0 Å². The van der Waals surface area contributed by atoms with Crippen LogP contribution in [0.4, 0.5) is 0 Å². The van der Waals surface area contributed by atoms with Gasteiger partial charge in [-0.05, 0) is 38.0 Å². The maximum Gasteiger partial charge on any atom is 0.338 e. The number of carbonyl (C=O) groups is 2. The molecule has 0 unspecified atom stereocenters. The molecule has 0 aromatic heterocycles. The largest absolute Gasteiger partial charge is 0.449 e. The summed E-state index contributed by atoms with van der Waals surface area (Å²) >= 11 is 0. The minimum absolute atomic E-state index is 0.0421. The van der Waals surface area contributed by atoms with E-state index in [1.54, 1.807) is 4.90 Å². The lowest BCUT2D eigenvalue weighted by molar-refractivity contribution is -0.138. The highest BCUT2D eigenvalue weighted by molar-refractivity contribution is 7.90. The number of ether oxygens (including phenoxy) is 1. The number of carbonyl (C=O) groups excluding carboxylic acids is 2. The van der Waals surface area contributed by atoms with E-state index >= 15 is 0 Å². The van der Waals surface area contributed by atoms with Gasteiger partial charge in [-0.2, -0.15) is 0 Å². The number of hydrogen-bond acceptors (Lipinski definition) is 5. The molecule has 1 heterocycles. The van der Waals surface area contributed by atoms with Gasteiger partial charge in [0.2, 0.25) is 0 Å². The fourth-order valence-corrected chi connectivity index (χ4v) is 2.99. The van der Waals surface area contributed by atoms with Crippen LogP contribution in [-0.2, 0) is 19.4 Å². The Morgan fingerprint density at radius 3 is 2.45 bits per heavy atom. The van der Waals surface area contributed by atoms with E-state index in [0.717, 1.165) is 19.1 Å². The van der Waals surface area contributed by atoms with Crippen molar-refractivity contribution < 1.29 is 22.7 Å². The Kier molecular flexibility index (Phi) is 4.85. The van der Waals surface area contributed by atoms with Crippen LogP contribution in [0.3, 0.4) is 0 Å². The van der Waals surface area contributed by atoms with Gasteiger partial charge >= 0.3 is 5.97 Å². The van der Waals surface area contributed by atoms with Crippen molar-refractivity contribution in [3.8, 4) is 0 Å². The highest BCUT2D eigenvalue weighted by Crippen LogP contribution is 2.15. The highest BCUT2D eigenvalue weighted by Gasteiger charge is 2.26. The predicted octanol–water partition coefficient (Wildman–Crippen LogP) is 1.26. The van der Waals surface area contributed by atoms with Crippen molar-refractivity contribution in [3.63, 3.8) is 0 Å². The average Bonchev–Trinajstić information content (AvgIpc) is 2.99. The van der Waals surface area contributed by atoms with Crippen molar-refractivity contribution in [1.82, 2.24) is 4.90 Å². The number of sulfone groups is 1. The third-order valence-electron chi connectivity index (χ3n) is 3.55. The van der Waals surface area contributed by atoms with Crippen LogP contribution in [0.1, 0.15) is 30.1 Å². The van der Waals surface area contributed by atoms with Crippen molar-refractivity contribution >= 4 is 21.7 Å². The van der Waals surface area contributed by atoms with Crippen molar-refractivity contribution in [3.05, 3.63) is 29.8 Å². The van der Waals surface area contributed by atoms with E-state index in [2.05, 4.69) is 0 Å². The molecule has 0 aliphatic carbocycles. The molecule has 1 aliphatic heterocycles. The van der Waals surface area contributed by atoms with E-state index in [0.29, 0.717) is 13.1 Å². The Labute approximate surface area is 130 Å². The summed E-state index contributed by atoms with van der Waals surface area (Å²) < 4.78 is 28.2. The zero-order valence-electron chi connectivity index (χ0n) is 12.6. The van der Waals surface area contributed by atoms with Crippen molar-refractivity contribution in [2.24, 2.45) is 0 Å². The number of amides is 1. The second kappa shape index (κ2) is 6.48. The molecular formula is C15H19NO5S. The molecular weight excluding hydrogens is 306 g/mol. The second-order valence-electron chi connectivity index (χ2n) is 5.38. The molecule has 1 aromatic carbocycles. The highest BCUT2D eigenvalue weighted by atomic mass is 32.2. The average molecular weight is 325 g/mol. The second-order valence-corrected chi connectivity index (χ2v) is 7.40. The lowest BCUT2D eigenvalue weighted by atomic mass is 10.2. The molecule has 0 N–H and O–H groups in total. The van der Waals surface area contributed by atoms with Crippen LogP contribution in [0, 0.1) is 0 Å². The summed E-state index contributed by atoms with van der Waals surface area (Å²) in [6.45, 7) is 2.90. The first-order chi connectivity index (χ1) is 10.3. The van der Waals surface area contributed by atoms with Gasteiger partial charge < -0.3 is 9.64 Å². The van der Waals surface area contributed by atoms with Gasteiger partial charge in [-0.3, -0.25) is 4.79 Å². The molecule has 120 valence electrons. The summed E-state index contributed by atoms with van der Waals surface area (Å²) in [6, 6.07) is 5.60. The maximum absolute atomic E-state index is 12.1. The van der Waals surface area contributed by atoms with Gasteiger partial charge in [0.1, 0.15) is 0 Å². The number of hydrogen-bond donors (Lipinski definition) is 0. The summed E-state index contributed by atoms with van der Waals surface area (Å²) in [4.78, 5) is 25.9. The third kappa shape index (κ3) is 3.85. The standard InChI is InChI=1S/C15H19NO5S/c1-11(14(17)16-8-3-4-9-16)21-15(18)12-6-5-7-13(10-12)22(2,19)20/h5-7,10-11H,3-4,8-9H2,1-2H3/t11-/m0/s1. The van der Waals surface area contributed by atoms with Gasteiger partial charge in [0.15, 0.2) is 15.9 Å². The summed E-state index contributed by atoms with van der Waals surface area (Å²) in [5, 5.41) is 0. The van der Waals surface area contributed by atoms with Gasteiger partial charge in [-0.25, -0.2) is 13.2 Å². The summed E-state index contributed by atoms with van der Waals surface area (Å²) in [5.41, 5.74) is 0.115. The number of likely N-dealkylation sites (tertiary alicyclic amines) is 1. The van der Waals surface area contributed by atoms with E-state index in [-0.39, 0.29) is 16.4 Å². The smallest absolute Gasteiger partial charge is 0.338 e. The van der Waals surface area contributed by atoms with Crippen LogP contribution in [0.2, 0.25) is 0 Å². The molecule has 1 amide bonds. The maximum atomic E-state index is 12.1. The van der Waals surface area contributed by atoms with E-state index in [4.69, 9.17) is 4.74 Å². The van der Waals surface area contributed by atoms with Crippen LogP contribution in [0.15, 0.2) is 29.2 Å². The molecule has 0 bridgehead atoms. The lowest BCUT2D eigenvalue weighted by Crippen LogP contribution is -2.38. The van der Waals surface area contributed by atoms with Crippen LogP contribution in [0.5, 0.6) is 0 Å². The monoisotopic (exact) mass is 325 g/mol. The number of nitrogens with zero attached hydrogens (tertiary/aromatic N) is 1.